The van der Waals surface area contributed by atoms with E-state index in [-0.39, 0.29) is 11.3 Å². The minimum atomic E-state index is -0.634. The number of nitrogens with one attached hydrogen (secondary N) is 1. The van der Waals surface area contributed by atoms with Crippen molar-refractivity contribution in [3.63, 3.8) is 0 Å². The molecule has 0 heterocycles. The van der Waals surface area contributed by atoms with Gasteiger partial charge in [0.1, 0.15) is 5.56 Å². The van der Waals surface area contributed by atoms with Crippen LogP contribution in [0.2, 0.25) is 0 Å². The molecule has 0 atom stereocenters. The number of hydrogen-bond acceptors (Lipinski definition) is 5. The van der Waals surface area contributed by atoms with E-state index in [1.807, 2.05) is 6.26 Å². The standard InChI is InChI=1S/C9H10N2O4S/c1-15-10-9(12)7-5-6(16-2)3-4-8(7)11(13)14/h3-5H,1-2H3,(H,10,12). The highest BCUT2D eigenvalue weighted by Gasteiger charge is 2.20. The largest absolute Gasteiger partial charge is 0.282 e. The highest BCUT2D eigenvalue weighted by Crippen LogP contribution is 2.24. The first-order valence-electron chi connectivity index (χ1n) is 4.26. The lowest BCUT2D eigenvalue weighted by molar-refractivity contribution is -0.385. The number of nitro groups is 1. The number of nitro benzene ring substituents is 1. The first kappa shape index (κ1) is 12.5. The Balaban J connectivity index is 3.20. The van der Waals surface area contributed by atoms with E-state index in [9.17, 15) is 14.9 Å². The third-order valence-electron chi connectivity index (χ3n) is 1.84. The van der Waals surface area contributed by atoms with Gasteiger partial charge in [0.15, 0.2) is 0 Å². The van der Waals surface area contributed by atoms with Crippen LogP contribution in [0.25, 0.3) is 0 Å². The summed E-state index contributed by atoms with van der Waals surface area (Å²) in [5.41, 5.74) is 1.80. The highest BCUT2D eigenvalue weighted by molar-refractivity contribution is 7.98. The predicted octanol–water partition coefficient (Wildman–Crippen LogP) is 1.61. The van der Waals surface area contributed by atoms with Crippen molar-refractivity contribution in [2.45, 2.75) is 4.90 Å². The second-order valence-electron chi connectivity index (χ2n) is 2.78. The summed E-state index contributed by atoms with van der Waals surface area (Å²) in [5, 5.41) is 10.7. The van der Waals surface area contributed by atoms with Gasteiger partial charge in [-0.25, -0.2) is 5.48 Å². The molecular formula is C9H10N2O4S. The Kier molecular flexibility index (Phi) is 4.27. The zero-order valence-corrected chi connectivity index (χ0v) is 9.54. The van der Waals surface area contributed by atoms with E-state index < -0.39 is 10.8 Å². The maximum atomic E-state index is 11.5. The van der Waals surface area contributed by atoms with Crippen molar-refractivity contribution in [2.24, 2.45) is 0 Å². The summed E-state index contributed by atoms with van der Waals surface area (Å²) >= 11 is 1.40. The van der Waals surface area contributed by atoms with Crippen LogP contribution in [-0.2, 0) is 4.84 Å². The van der Waals surface area contributed by atoms with E-state index in [2.05, 4.69) is 10.3 Å². The van der Waals surface area contributed by atoms with Crippen molar-refractivity contribution in [1.29, 1.82) is 0 Å². The summed E-state index contributed by atoms with van der Waals surface area (Å²) in [6.45, 7) is 0. The molecule has 1 aromatic carbocycles. The molecule has 0 unspecified atom stereocenters. The van der Waals surface area contributed by atoms with Crippen LogP contribution < -0.4 is 5.48 Å². The van der Waals surface area contributed by atoms with Crippen LogP contribution in [0.3, 0.4) is 0 Å². The molecule has 1 N–H and O–H groups in total. The molecule has 0 spiro atoms. The number of carbonyl (C=O) groups is 1. The molecule has 0 saturated heterocycles. The van der Waals surface area contributed by atoms with E-state index >= 15 is 0 Å². The summed E-state index contributed by atoms with van der Waals surface area (Å²) in [6, 6.07) is 4.35. The maximum absolute atomic E-state index is 11.5. The lowest BCUT2D eigenvalue weighted by atomic mass is 10.2. The minimum absolute atomic E-state index is 0.0151. The third kappa shape index (κ3) is 2.71. The zero-order valence-electron chi connectivity index (χ0n) is 8.72. The van der Waals surface area contributed by atoms with Crippen LogP contribution in [0.4, 0.5) is 5.69 Å². The van der Waals surface area contributed by atoms with Gasteiger partial charge in [-0.05, 0) is 18.4 Å². The molecule has 16 heavy (non-hydrogen) atoms. The molecule has 0 radical (unpaired) electrons. The summed E-state index contributed by atoms with van der Waals surface area (Å²) in [4.78, 5) is 26.8. The molecule has 0 aliphatic heterocycles. The molecule has 0 aliphatic carbocycles. The van der Waals surface area contributed by atoms with Gasteiger partial charge in [0.05, 0.1) is 12.0 Å². The molecule has 6 nitrogen and oxygen atoms in total. The van der Waals surface area contributed by atoms with Crippen LogP contribution in [0.1, 0.15) is 10.4 Å². The number of hydrogen-bond donors (Lipinski definition) is 1. The van der Waals surface area contributed by atoms with E-state index in [4.69, 9.17) is 0 Å². The van der Waals surface area contributed by atoms with Gasteiger partial charge < -0.3 is 0 Å². The maximum Gasteiger partial charge on any atom is 0.282 e. The Bertz CT molecular complexity index is 422. The van der Waals surface area contributed by atoms with Gasteiger partial charge in [0, 0.05) is 11.0 Å². The second kappa shape index (κ2) is 5.47. The molecule has 0 aliphatic rings. The second-order valence-corrected chi connectivity index (χ2v) is 3.66. The minimum Gasteiger partial charge on any atom is -0.277 e. The topological polar surface area (TPSA) is 81.5 Å². The molecule has 0 fully saturated rings. The SMILES string of the molecule is CONC(=O)c1cc(SC)ccc1[N+](=O)[O-]. The molecule has 0 saturated carbocycles. The van der Waals surface area contributed by atoms with Crippen LogP contribution in [-0.4, -0.2) is 24.2 Å². The molecule has 1 aromatic rings. The van der Waals surface area contributed by atoms with Crippen LogP contribution in [0.15, 0.2) is 23.1 Å². The Morgan fingerprint density at radius 1 is 1.56 bits per heavy atom. The average molecular weight is 242 g/mol. The Morgan fingerprint density at radius 3 is 2.75 bits per heavy atom. The number of rotatable bonds is 4. The number of amides is 1. The van der Waals surface area contributed by atoms with Crippen molar-refractivity contribution in [3.05, 3.63) is 33.9 Å². The van der Waals surface area contributed by atoms with Crippen molar-refractivity contribution < 1.29 is 14.6 Å². The first-order valence-corrected chi connectivity index (χ1v) is 5.48. The van der Waals surface area contributed by atoms with Gasteiger partial charge in [0.25, 0.3) is 11.6 Å². The molecule has 1 rings (SSSR count). The van der Waals surface area contributed by atoms with Crippen molar-refractivity contribution in [3.8, 4) is 0 Å². The van der Waals surface area contributed by atoms with Gasteiger partial charge in [-0.3, -0.25) is 19.7 Å². The Labute approximate surface area is 96.1 Å². The van der Waals surface area contributed by atoms with E-state index in [0.29, 0.717) is 0 Å². The van der Waals surface area contributed by atoms with Gasteiger partial charge in [0.2, 0.25) is 0 Å². The average Bonchev–Trinajstić information content (AvgIpc) is 2.28. The molecule has 7 heteroatoms. The molecule has 86 valence electrons. The summed E-state index contributed by atoms with van der Waals surface area (Å²) in [5.74, 6) is -0.634. The lowest BCUT2D eigenvalue weighted by Gasteiger charge is -2.04. The van der Waals surface area contributed by atoms with Gasteiger partial charge in [-0.15, -0.1) is 11.8 Å². The number of benzene rings is 1. The van der Waals surface area contributed by atoms with Crippen molar-refractivity contribution >= 4 is 23.4 Å². The number of nitrogens with zero attached hydrogens (tertiary/aromatic N) is 1. The number of hydroxylamine groups is 1. The van der Waals surface area contributed by atoms with Crippen LogP contribution in [0, 0.1) is 10.1 Å². The van der Waals surface area contributed by atoms with E-state index in [1.54, 1.807) is 6.07 Å². The summed E-state index contributed by atoms with van der Waals surface area (Å²) < 4.78 is 0. The van der Waals surface area contributed by atoms with Gasteiger partial charge in [-0.1, -0.05) is 0 Å². The van der Waals surface area contributed by atoms with Crippen molar-refractivity contribution in [2.75, 3.05) is 13.4 Å². The summed E-state index contributed by atoms with van der Waals surface area (Å²) in [6.07, 6.45) is 1.82. The van der Waals surface area contributed by atoms with E-state index in [0.717, 1.165) is 4.90 Å². The fourth-order valence-corrected chi connectivity index (χ4v) is 1.57. The molecule has 0 aromatic heterocycles. The smallest absolute Gasteiger partial charge is 0.277 e. The highest BCUT2D eigenvalue weighted by atomic mass is 32.2. The first-order chi connectivity index (χ1) is 7.60. The lowest BCUT2D eigenvalue weighted by Crippen LogP contribution is -2.22. The summed E-state index contributed by atoms with van der Waals surface area (Å²) in [7, 11) is 1.27. The Hall–Kier alpha value is -1.60. The molecule has 1 amide bonds. The predicted molar refractivity (Wildman–Crippen MR) is 59.4 cm³/mol. The molecule has 0 bridgehead atoms. The number of thioether (sulfide) groups is 1. The van der Waals surface area contributed by atoms with Crippen molar-refractivity contribution in [1.82, 2.24) is 5.48 Å². The van der Waals surface area contributed by atoms with Gasteiger partial charge in [-0.2, -0.15) is 0 Å². The van der Waals surface area contributed by atoms with Crippen LogP contribution >= 0.6 is 11.8 Å². The van der Waals surface area contributed by atoms with E-state index in [1.165, 1.54) is 31.0 Å². The van der Waals surface area contributed by atoms with Crippen LogP contribution in [0.5, 0.6) is 0 Å². The fraction of sp³-hybridized carbons (Fsp3) is 0.222. The zero-order chi connectivity index (χ0) is 12.1. The monoisotopic (exact) mass is 242 g/mol. The van der Waals surface area contributed by atoms with Gasteiger partial charge >= 0.3 is 0 Å². The quantitative estimate of drug-likeness (QED) is 0.492. The Morgan fingerprint density at radius 2 is 2.25 bits per heavy atom. The third-order valence-corrected chi connectivity index (χ3v) is 2.57. The number of carbonyl (C=O) groups excluding carboxylic acids is 1. The fourth-order valence-electron chi connectivity index (χ4n) is 1.13. The molecular weight excluding hydrogens is 232 g/mol. The normalized spacial score (nSPS) is 9.88.